The largest absolute Gasteiger partial charge is 0.455 e. The number of piperazine rings is 1. The van der Waals surface area contributed by atoms with Crippen LogP contribution in [0, 0.1) is 33.3 Å². The summed E-state index contributed by atoms with van der Waals surface area (Å²) in [5, 5.41) is 19.5. The van der Waals surface area contributed by atoms with Crippen molar-refractivity contribution >= 4 is 84.8 Å². The van der Waals surface area contributed by atoms with Gasteiger partial charge in [-0.3, -0.25) is 49.2 Å². The Morgan fingerprint density at radius 1 is 0.849 bits per heavy atom. The summed E-state index contributed by atoms with van der Waals surface area (Å²) in [7, 11) is -4.63. The van der Waals surface area contributed by atoms with Crippen LogP contribution in [0.3, 0.4) is 0 Å². The number of nitro benzene ring substituents is 1. The quantitative estimate of drug-likeness (QED) is 0.0182. The molecule has 7 heterocycles. The number of piperidine rings is 3. The molecule has 0 bridgehead atoms. The zero-order valence-electron chi connectivity index (χ0n) is 52.5. The molecule has 93 heavy (non-hydrogen) atoms. The second kappa shape index (κ2) is 28.0. The summed E-state index contributed by atoms with van der Waals surface area (Å²) < 4.78 is 36.6. The number of halogens is 1. The van der Waals surface area contributed by atoms with Crippen LogP contribution < -0.4 is 25.0 Å². The number of nitrogens with one attached hydrogen (secondary N) is 4. The van der Waals surface area contributed by atoms with E-state index >= 15 is 0 Å². The number of H-pyrrole nitrogens is 1. The lowest BCUT2D eigenvalue weighted by Gasteiger charge is -2.42. The summed E-state index contributed by atoms with van der Waals surface area (Å²) in [6.45, 7) is 13.9. The first kappa shape index (κ1) is 64.6. The fourth-order valence-corrected chi connectivity index (χ4v) is 15.1. The van der Waals surface area contributed by atoms with Crippen molar-refractivity contribution in [3.63, 3.8) is 0 Å². The molecular weight excluding hydrogens is 1220 g/mol. The maximum absolute atomic E-state index is 14.2. The molecular formula is C70H78ClN11O10S. The molecule has 4 aromatic carbocycles. The summed E-state index contributed by atoms with van der Waals surface area (Å²) >= 11 is 6.28. The molecule has 1 atom stereocenters. The number of nitro groups is 1. The number of aromatic nitrogens is 2. The Labute approximate surface area is 546 Å². The van der Waals surface area contributed by atoms with E-state index in [9.17, 15) is 42.5 Å². The van der Waals surface area contributed by atoms with Gasteiger partial charge in [0.15, 0.2) is 0 Å². The van der Waals surface area contributed by atoms with E-state index in [1.807, 2.05) is 18.2 Å². The highest BCUT2D eigenvalue weighted by Gasteiger charge is 2.45. The minimum Gasteiger partial charge on any atom is -0.455 e. The van der Waals surface area contributed by atoms with Crippen LogP contribution in [0.5, 0.6) is 11.5 Å². The number of allylic oxidation sites excluding steroid dienone is 1. The number of ether oxygens (including phenoxy) is 1. The zero-order chi connectivity index (χ0) is 65.0. The topological polar surface area (TPSA) is 253 Å². The maximum Gasteiger partial charge on any atom is 0.293 e. The number of amides is 5. The third kappa shape index (κ3) is 15.0. The van der Waals surface area contributed by atoms with Gasteiger partial charge in [0.25, 0.3) is 33.4 Å². The van der Waals surface area contributed by atoms with Gasteiger partial charge >= 0.3 is 0 Å². The molecule has 23 heteroatoms. The second-order valence-electron chi connectivity index (χ2n) is 26.2. The van der Waals surface area contributed by atoms with Gasteiger partial charge in [0.2, 0.25) is 11.8 Å². The molecule has 0 saturated carbocycles. The lowest BCUT2D eigenvalue weighted by Crippen LogP contribution is -2.54. The number of rotatable bonds is 20. The van der Waals surface area contributed by atoms with Gasteiger partial charge in [-0.05, 0) is 180 Å². The first-order valence-electron chi connectivity index (χ1n) is 32.4. The van der Waals surface area contributed by atoms with Gasteiger partial charge < -0.3 is 29.7 Å². The van der Waals surface area contributed by atoms with E-state index in [1.54, 1.807) is 48.7 Å². The van der Waals surface area contributed by atoms with E-state index in [-0.39, 0.29) is 52.3 Å². The molecule has 0 radical (unpaired) electrons. The summed E-state index contributed by atoms with van der Waals surface area (Å²) in [6, 6.07) is 24.9. The summed E-state index contributed by atoms with van der Waals surface area (Å²) in [4.78, 5) is 94.8. The van der Waals surface area contributed by atoms with Crippen molar-refractivity contribution in [1.29, 1.82) is 0 Å². The standard InChI is InChI=1S/C70H78ClN11O10S/c1-70(2)28-22-50(58(42-70)47-12-14-51(71)15-13-47)45-78-35-37-80(38-36-78)53-16-18-56(62(40-53)92-54-39-49-23-29-72-65(49)74-44-54)66(84)76-93(90,91)55-17-19-59(61(41-55)82(88)89)73-43-46-24-33-79(34-25-46)52-26-31-77(32-27-52)30-7-5-3-4-6-9-48-10-8-11-57-64(48)69(87)81(68(57)86)60-20-21-63(83)75-67(60)85/h8,10-19,23,29,39-41,44,46,52,60,73H,3-5,7,20-22,24-28,30-38,42-43,45H2,1-2H3,(H,72,74)(H,76,84)(H,75,83,85). The lowest BCUT2D eigenvalue weighted by atomic mass is 9.72. The molecule has 4 saturated heterocycles. The molecule has 6 aliphatic rings. The molecule has 0 spiro atoms. The zero-order valence-corrected chi connectivity index (χ0v) is 54.1. The van der Waals surface area contributed by atoms with Gasteiger partial charge in [-0.15, -0.1) is 0 Å². The molecule has 1 unspecified atom stereocenters. The molecule has 5 amide bonds. The van der Waals surface area contributed by atoms with Crippen molar-refractivity contribution in [1.82, 2.24) is 39.6 Å². The van der Waals surface area contributed by atoms with Gasteiger partial charge in [0.1, 0.15) is 28.9 Å². The van der Waals surface area contributed by atoms with Gasteiger partial charge in [-0.2, -0.15) is 0 Å². The van der Waals surface area contributed by atoms with Crippen molar-refractivity contribution in [2.24, 2.45) is 11.3 Å². The monoisotopic (exact) mass is 1300 g/mol. The Kier molecular flexibility index (Phi) is 19.5. The minimum absolute atomic E-state index is 0.0500. The van der Waals surface area contributed by atoms with E-state index in [4.69, 9.17) is 16.3 Å². The molecule has 486 valence electrons. The van der Waals surface area contributed by atoms with Gasteiger partial charge in [-0.25, -0.2) is 18.1 Å². The Bertz CT molecular complexity index is 4080. The van der Waals surface area contributed by atoms with Crippen molar-refractivity contribution in [2.45, 2.75) is 114 Å². The minimum atomic E-state index is -4.63. The summed E-state index contributed by atoms with van der Waals surface area (Å²) in [5.74, 6) is 3.85. The molecule has 4 N–H and O–H groups in total. The Balaban J connectivity index is 0.602. The number of anilines is 2. The van der Waals surface area contributed by atoms with Crippen LogP contribution in [0.25, 0.3) is 16.6 Å². The number of carbonyl (C=O) groups excluding carboxylic acids is 5. The van der Waals surface area contributed by atoms with Crippen LogP contribution in [0.4, 0.5) is 17.1 Å². The van der Waals surface area contributed by atoms with Crippen LogP contribution in [-0.2, 0) is 19.6 Å². The first-order valence-corrected chi connectivity index (χ1v) is 34.3. The number of hydrogen-bond acceptors (Lipinski definition) is 16. The molecule has 12 rings (SSSR count). The van der Waals surface area contributed by atoms with Crippen molar-refractivity contribution in [2.75, 3.05) is 82.2 Å². The number of imide groups is 2. The maximum atomic E-state index is 14.2. The van der Waals surface area contributed by atoms with Gasteiger partial charge in [-0.1, -0.05) is 67.5 Å². The fraction of sp³-hybridized carbons (Fsp3) is 0.429. The van der Waals surface area contributed by atoms with E-state index in [2.05, 4.69) is 82.7 Å². The van der Waals surface area contributed by atoms with Crippen molar-refractivity contribution in [3.8, 4) is 23.3 Å². The highest BCUT2D eigenvalue weighted by molar-refractivity contribution is 7.90. The van der Waals surface area contributed by atoms with Crippen molar-refractivity contribution in [3.05, 3.63) is 152 Å². The van der Waals surface area contributed by atoms with E-state index < -0.39 is 61.1 Å². The van der Waals surface area contributed by atoms with E-state index in [1.165, 1.54) is 35.0 Å². The fourth-order valence-electron chi connectivity index (χ4n) is 14.0. The Morgan fingerprint density at radius 3 is 2.40 bits per heavy atom. The molecule has 6 aromatic rings. The number of aromatic amines is 1. The predicted octanol–water partition coefficient (Wildman–Crippen LogP) is 10.4. The van der Waals surface area contributed by atoms with Gasteiger partial charge in [0.05, 0.1) is 32.7 Å². The third-order valence-corrected chi connectivity index (χ3v) is 20.9. The predicted molar refractivity (Wildman–Crippen MR) is 356 cm³/mol. The number of nitrogens with zero attached hydrogens (tertiary/aromatic N) is 7. The number of sulfonamides is 1. The van der Waals surface area contributed by atoms with Crippen LogP contribution >= 0.6 is 11.6 Å². The molecule has 1 aliphatic carbocycles. The van der Waals surface area contributed by atoms with Crippen LogP contribution in [-0.4, -0.2) is 157 Å². The van der Waals surface area contributed by atoms with Crippen LogP contribution in [0.2, 0.25) is 5.02 Å². The van der Waals surface area contributed by atoms with Crippen LogP contribution in [0.1, 0.15) is 140 Å². The number of pyridine rings is 1. The molecule has 5 aliphatic heterocycles. The summed E-state index contributed by atoms with van der Waals surface area (Å²) in [5.41, 5.74) is 6.34. The number of unbranched alkanes of at least 4 members (excludes halogenated alkanes) is 3. The normalized spacial score (nSPS) is 19.5. The average molecular weight is 1300 g/mol. The first-order chi connectivity index (χ1) is 44.8. The SMILES string of the molecule is CC1(C)CCC(CN2CCN(c3ccc(C(=O)NS(=O)(=O)c4ccc(NCC5CCN(C6CCN(CCCCCC#Cc7cccc8c7C(=O)N(C7CCC(=O)NC7=O)C8=O)CC6)CC5)c([N+](=O)[O-])c4)c(Oc4cnc5[nH]ccc5c4)c3)CC2)=C(c2ccc(Cl)cc2)C1. The van der Waals surface area contributed by atoms with E-state index in [0.717, 1.165) is 144 Å². The number of benzene rings is 4. The Hall–Kier alpha value is -8.46. The highest BCUT2D eigenvalue weighted by Crippen LogP contribution is 2.44. The molecule has 2 aromatic heterocycles. The summed E-state index contributed by atoms with van der Waals surface area (Å²) in [6.07, 6.45) is 14.1. The van der Waals surface area contributed by atoms with Crippen molar-refractivity contribution < 1.29 is 42.1 Å². The second-order valence-corrected chi connectivity index (χ2v) is 28.3. The number of carbonyl (C=O) groups is 5. The lowest BCUT2D eigenvalue weighted by molar-refractivity contribution is -0.384. The molecule has 4 fully saturated rings. The van der Waals surface area contributed by atoms with Crippen LogP contribution in [0.15, 0.2) is 114 Å². The number of fused-ring (bicyclic) bond motifs is 2. The molecule has 21 nitrogen and oxygen atoms in total. The third-order valence-electron chi connectivity index (χ3n) is 19.3. The average Bonchev–Trinajstić information content (AvgIpc) is 1.57. The Morgan fingerprint density at radius 2 is 1.63 bits per heavy atom. The number of hydrogen-bond donors (Lipinski definition) is 4. The smallest absolute Gasteiger partial charge is 0.293 e. The highest BCUT2D eigenvalue weighted by atomic mass is 35.5. The van der Waals surface area contributed by atoms with E-state index in [0.29, 0.717) is 49.1 Å². The van der Waals surface area contributed by atoms with Gasteiger partial charge in [0, 0.05) is 98.1 Å². The number of likely N-dealkylation sites (tertiary alicyclic amines) is 2.